The summed E-state index contributed by atoms with van der Waals surface area (Å²) in [6.45, 7) is 2.80. The summed E-state index contributed by atoms with van der Waals surface area (Å²) in [4.78, 5) is 21.3. The highest BCUT2D eigenvalue weighted by Gasteiger charge is 2.24. The Balaban J connectivity index is 1.49. The standard InChI is InChI=1S/C18H18ClN3O3/c1-10-20-9-12-6-13(2-3-15(12)21-10)22-18(23)11-7-14(19)17-16(8-11)24-4-5-25-17/h7-9,13H,2-6H2,1H3,(H,22,23). The van der Waals surface area contributed by atoms with Crippen LogP contribution in [-0.2, 0) is 12.8 Å². The summed E-state index contributed by atoms with van der Waals surface area (Å²) in [5.41, 5.74) is 2.66. The van der Waals surface area contributed by atoms with Gasteiger partial charge in [-0.2, -0.15) is 0 Å². The SMILES string of the molecule is Cc1ncc2c(n1)CCC(NC(=O)c1cc(Cl)c3c(c1)OCCO3)C2. The van der Waals surface area contributed by atoms with E-state index in [0.29, 0.717) is 35.3 Å². The molecule has 0 saturated heterocycles. The van der Waals surface area contributed by atoms with Crippen LogP contribution in [0.5, 0.6) is 11.5 Å². The van der Waals surface area contributed by atoms with Crippen molar-refractivity contribution in [3.05, 3.63) is 46.0 Å². The molecule has 4 rings (SSSR count). The number of carbonyl (C=O) groups is 1. The number of hydrogen-bond acceptors (Lipinski definition) is 5. The van der Waals surface area contributed by atoms with Crippen LogP contribution in [0.25, 0.3) is 0 Å². The van der Waals surface area contributed by atoms with E-state index in [1.165, 1.54) is 0 Å². The lowest BCUT2D eigenvalue weighted by Gasteiger charge is -2.25. The van der Waals surface area contributed by atoms with Gasteiger partial charge in [-0.05, 0) is 43.9 Å². The molecule has 7 heteroatoms. The first kappa shape index (κ1) is 16.1. The molecule has 1 aliphatic heterocycles. The van der Waals surface area contributed by atoms with Gasteiger partial charge in [0.2, 0.25) is 0 Å². The molecule has 0 spiro atoms. The van der Waals surface area contributed by atoms with Gasteiger partial charge in [-0.25, -0.2) is 9.97 Å². The Kier molecular flexibility index (Phi) is 4.21. The lowest BCUT2D eigenvalue weighted by Crippen LogP contribution is -2.39. The number of halogens is 1. The number of rotatable bonds is 2. The Morgan fingerprint density at radius 3 is 3.04 bits per heavy atom. The molecule has 130 valence electrons. The maximum absolute atomic E-state index is 12.6. The monoisotopic (exact) mass is 359 g/mol. The predicted octanol–water partition coefficient (Wildman–Crippen LogP) is 2.50. The van der Waals surface area contributed by atoms with Gasteiger partial charge in [0, 0.05) is 23.5 Å². The molecule has 1 aliphatic carbocycles. The van der Waals surface area contributed by atoms with Crippen molar-refractivity contribution in [2.24, 2.45) is 0 Å². The van der Waals surface area contributed by atoms with E-state index in [2.05, 4.69) is 15.3 Å². The molecule has 1 amide bonds. The first-order valence-corrected chi connectivity index (χ1v) is 8.69. The molecule has 2 aromatic rings. The van der Waals surface area contributed by atoms with Crippen LogP contribution in [-0.4, -0.2) is 35.1 Å². The van der Waals surface area contributed by atoms with E-state index in [9.17, 15) is 4.79 Å². The van der Waals surface area contributed by atoms with Crippen molar-refractivity contribution in [3.63, 3.8) is 0 Å². The van der Waals surface area contributed by atoms with Crippen molar-refractivity contribution in [2.45, 2.75) is 32.2 Å². The fourth-order valence-electron chi connectivity index (χ4n) is 3.24. The van der Waals surface area contributed by atoms with Crippen LogP contribution in [0, 0.1) is 6.92 Å². The van der Waals surface area contributed by atoms with Crippen LogP contribution in [0.1, 0.15) is 33.9 Å². The van der Waals surface area contributed by atoms with Crippen molar-refractivity contribution in [1.82, 2.24) is 15.3 Å². The Morgan fingerprint density at radius 2 is 2.16 bits per heavy atom. The third-order valence-corrected chi connectivity index (χ3v) is 4.75. The van der Waals surface area contributed by atoms with Crippen molar-refractivity contribution in [3.8, 4) is 11.5 Å². The van der Waals surface area contributed by atoms with Gasteiger partial charge in [0.25, 0.3) is 5.91 Å². The molecular formula is C18H18ClN3O3. The minimum atomic E-state index is -0.166. The fraction of sp³-hybridized carbons (Fsp3) is 0.389. The van der Waals surface area contributed by atoms with Crippen LogP contribution in [0.15, 0.2) is 18.3 Å². The molecule has 6 nitrogen and oxygen atoms in total. The topological polar surface area (TPSA) is 73.3 Å². The number of aromatic nitrogens is 2. The highest BCUT2D eigenvalue weighted by molar-refractivity contribution is 6.32. The van der Waals surface area contributed by atoms with E-state index >= 15 is 0 Å². The smallest absolute Gasteiger partial charge is 0.251 e. The minimum Gasteiger partial charge on any atom is -0.486 e. The molecule has 0 radical (unpaired) electrons. The van der Waals surface area contributed by atoms with Gasteiger partial charge in [0.15, 0.2) is 11.5 Å². The van der Waals surface area contributed by atoms with E-state index in [1.807, 2.05) is 13.1 Å². The van der Waals surface area contributed by atoms with Gasteiger partial charge < -0.3 is 14.8 Å². The Labute approximate surface area is 150 Å². The number of amides is 1. The lowest BCUT2D eigenvalue weighted by molar-refractivity contribution is 0.0932. The average molecular weight is 360 g/mol. The maximum atomic E-state index is 12.6. The number of ether oxygens (including phenoxy) is 2. The van der Waals surface area contributed by atoms with E-state index < -0.39 is 0 Å². The van der Waals surface area contributed by atoms with Crippen LogP contribution in [0.3, 0.4) is 0 Å². The van der Waals surface area contributed by atoms with Crippen molar-refractivity contribution in [2.75, 3.05) is 13.2 Å². The number of nitrogens with zero attached hydrogens (tertiary/aromatic N) is 2. The minimum absolute atomic E-state index is 0.0540. The van der Waals surface area contributed by atoms with E-state index in [-0.39, 0.29) is 11.9 Å². The number of benzene rings is 1. The van der Waals surface area contributed by atoms with Gasteiger partial charge in [-0.1, -0.05) is 11.6 Å². The van der Waals surface area contributed by atoms with Crippen LogP contribution in [0.4, 0.5) is 0 Å². The van der Waals surface area contributed by atoms with Crippen molar-refractivity contribution in [1.29, 1.82) is 0 Å². The molecule has 2 aliphatic rings. The third-order valence-electron chi connectivity index (χ3n) is 4.46. The zero-order valence-corrected chi connectivity index (χ0v) is 14.6. The Bertz CT molecular complexity index is 841. The number of hydrogen-bond donors (Lipinski definition) is 1. The Morgan fingerprint density at radius 1 is 1.32 bits per heavy atom. The molecule has 1 aromatic carbocycles. The molecule has 1 unspecified atom stereocenters. The highest BCUT2D eigenvalue weighted by Crippen LogP contribution is 2.38. The van der Waals surface area contributed by atoms with E-state index in [4.69, 9.17) is 21.1 Å². The second-order valence-corrected chi connectivity index (χ2v) is 6.69. The molecule has 1 N–H and O–H groups in total. The first-order valence-electron chi connectivity index (χ1n) is 8.31. The third kappa shape index (κ3) is 3.26. The quantitative estimate of drug-likeness (QED) is 0.891. The molecule has 0 saturated carbocycles. The summed E-state index contributed by atoms with van der Waals surface area (Å²) in [7, 11) is 0. The fourth-order valence-corrected chi connectivity index (χ4v) is 3.51. The zero-order chi connectivity index (χ0) is 17.4. The number of aryl methyl sites for hydroxylation is 2. The summed E-state index contributed by atoms with van der Waals surface area (Å²) in [6, 6.07) is 3.35. The molecule has 2 heterocycles. The number of fused-ring (bicyclic) bond motifs is 2. The molecule has 0 bridgehead atoms. The summed E-state index contributed by atoms with van der Waals surface area (Å²) >= 11 is 6.21. The van der Waals surface area contributed by atoms with Gasteiger partial charge in [0.05, 0.1) is 5.02 Å². The second-order valence-electron chi connectivity index (χ2n) is 6.28. The summed E-state index contributed by atoms with van der Waals surface area (Å²) in [6.07, 6.45) is 4.29. The van der Waals surface area contributed by atoms with Gasteiger partial charge in [-0.3, -0.25) is 4.79 Å². The molecule has 1 atom stereocenters. The van der Waals surface area contributed by atoms with Crippen LogP contribution >= 0.6 is 11.6 Å². The van der Waals surface area contributed by atoms with Gasteiger partial charge in [0.1, 0.15) is 19.0 Å². The maximum Gasteiger partial charge on any atom is 0.251 e. The van der Waals surface area contributed by atoms with Crippen molar-refractivity contribution >= 4 is 17.5 Å². The molecule has 0 fully saturated rings. The predicted molar refractivity (Wildman–Crippen MR) is 92.5 cm³/mol. The number of carbonyl (C=O) groups excluding carboxylic acids is 1. The first-order chi connectivity index (χ1) is 12.1. The summed E-state index contributed by atoms with van der Waals surface area (Å²) in [5, 5.41) is 3.46. The van der Waals surface area contributed by atoms with E-state index in [1.54, 1.807) is 12.1 Å². The van der Waals surface area contributed by atoms with Crippen LogP contribution < -0.4 is 14.8 Å². The average Bonchev–Trinajstić information content (AvgIpc) is 2.62. The highest BCUT2D eigenvalue weighted by atomic mass is 35.5. The number of nitrogens with one attached hydrogen (secondary N) is 1. The second kappa shape index (κ2) is 6.52. The van der Waals surface area contributed by atoms with Crippen LogP contribution in [0.2, 0.25) is 5.02 Å². The van der Waals surface area contributed by atoms with E-state index in [0.717, 1.165) is 36.3 Å². The Hall–Kier alpha value is -2.34. The lowest BCUT2D eigenvalue weighted by atomic mass is 9.92. The largest absolute Gasteiger partial charge is 0.486 e. The summed E-state index contributed by atoms with van der Waals surface area (Å²) < 4.78 is 11.0. The summed E-state index contributed by atoms with van der Waals surface area (Å²) in [5.74, 6) is 1.64. The van der Waals surface area contributed by atoms with Gasteiger partial charge >= 0.3 is 0 Å². The normalized spacial score (nSPS) is 18.4. The molecule has 1 aromatic heterocycles. The van der Waals surface area contributed by atoms with Gasteiger partial charge in [-0.15, -0.1) is 0 Å². The van der Waals surface area contributed by atoms with Crippen molar-refractivity contribution < 1.29 is 14.3 Å². The molecule has 25 heavy (non-hydrogen) atoms. The zero-order valence-electron chi connectivity index (χ0n) is 13.8. The molecular weight excluding hydrogens is 342 g/mol.